The maximum atomic E-state index is 13.1. The highest BCUT2D eigenvalue weighted by Gasteiger charge is 2.21. The highest BCUT2D eigenvalue weighted by Crippen LogP contribution is 2.23. The third kappa shape index (κ3) is 4.67. The van der Waals surface area contributed by atoms with Gasteiger partial charge in [0.1, 0.15) is 0 Å². The van der Waals surface area contributed by atoms with Crippen LogP contribution in [0.5, 0.6) is 0 Å². The number of morpholine rings is 1. The lowest BCUT2D eigenvalue weighted by Crippen LogP contribution is -2.43. The summed E-state index contributed by atoms with van der Waals surface area (Å²) in [6, 6.07) is 18.2. The average molecular weight is 458 g/mol. The number of nitrogens with zero attached hydrogens (tertiary/aromatic N) is 4. The molecule has 2 aromatic carbocycles. The van der Waals surface area contributed by atoms with Crippen LogP contribution < -0.4 is 5.32 Å². The number of carbonyl (C=O) groups excluding carboxylic acids is 1. The fourth-order valence-corrected chi connectivity index (χ4v) is 4.81. The van der Waals surface area contributed by atoms with E-state index in [1.54, 1.807) is 0 Å². The Labute approximate surface area is 199 Å². The summed E-state index contributed by atoms with van der Waals surface area (Å²) in [7, 11) is 0. The zero-order valence-corrected chi connectivity index (χ0v) is 19.8. The zero-order valence-electron chi connectivity index (χ0n) is 19.8. The monoisotopic (exact) mass is 457 g/mol. The van der Waals surface area contributed by atoms with Gasteiger partial charge < -0.3 is 10.1 Å². The lowest BCUT2D eigenvalue weighted by atomic mass is 10.0. The molecule has 34 heavy (non-hydrogen) atoms. The summed E-state index contributed by atoms with van der Waals surface area (Å²) in [5.74, 6) is 0.0478. The van der Waals surface area contributed by atoms with E-state index in [-0.39, 0.29) is 11.9 Å². The lowest BCUT2D eigenvalue weighted by Gasteiger charge is -2.31. The second kappa shape index (κ2) is 9.91. The van der Waals surface area contributed by atoms with E-state index in [4.69, 9.17) is 14.8 Å². The van der Waals surface area contributed by atoms with Gasteiger partial charge in [0.05, 0.1) is 24.8 Å². The second-order valence-corrected chi connectivity index (χ2v) is 8.96. The first-order valence-corrected chi connectivity index (χ1v) is 12.0. The first kappa shape index (κ1) is 22.5. The van der Waals surface area contributed by atoms with Crippen molar-refractivity contribution < 1.29 is 9.53 Å². The molecule has 1 N–H and O–H groups in total. The predicted octanol–water partition coefficient (Wildman–Crippen LogP) is 3.62. The molecule has 1 fully saturated rings. The van der Waals surface area contributed by atoms with Gasteiger partial charge in [0, 0.05) is 42.8 Å². The van der Waals surface area contributed by atoms with Crippen molar-refractivity contribution in [1.82, 2.24) is 24.8 Å². The first-order valence-electron chi connectivity index (χ1n) is 12.0. The molecule has 3 heterocycles. The lowest BCUT2D eigenvalue weighted by molar-refractivity contribution is -0.122. The molecule has 4 aromatic rings. The molecule has 7 heteroatoms. The Morgan fingerprint density at radius 2 is 1.79 bits per heavy atom. The minimum atomic E-state index is -0.0500. The summed E-state index contributed by atoms with van der Waals surface area (Å²) in [6.07, 6.45) is 1.03. The molecule has 5 rings (SSSR count). The second-order valence-electron chi connectivity index (χ2n) is 8.96. The number of amides is 1. The van der Waals surface area contributed by atoms with E-state index in [0.29, 0.717) is 12.8 Å². The summed E-state index contributed by atoms with van der Waals surface area (Å²) in [6.45, 7) is 8.13. The molecule has 0 radical (unpaired) electrons. The summed E-state index contributed by atoms with van der Waals surface area (Å²) in [5, 5.41) is 9.07. The number of hydrogen-bond acceptors (Lipinski definition) is 5. The maximum Gasteiger partial charge on any atom is 0.220 e. The van der Waals surface area contributed by atoms with E-state index in [0.717, 1.165) is 71.9 Å². The van der Waals surface area contributed by atoms with Crippen molar-refractivity contribution in [2.45, 2.75) is 32.7 Å². The van der Waals surface area contributed by atoms with Crippen molar-refractivity contribution in [2.75, 3.05) is 32.8 Å². The van der Waals surface area contributed by atoms with Crippen molar-refractivity contribution in [3.63, 3.8) is 0 Å². The minimum Gasteiger partial charge on any atom is -0.379 e. The number of ether oxygens (including phenoxy) is 1. The van der Waals surface area contributed by atoms with Gasteiger partial charge in [-0.15, -0.1) is 0 Å². The van der Waals surface area contributed by atoms with Crippen molar-refractivity contribution >= 4 is 22.5 Å². The Balaban J connectivity index is 1.31. The number of fused-ring (bicyclic) bond motifs is 3. The van der Waals surface area contributed by atoms with E-state index in [1.807, 2.05) is 47.8 Å². The highest BCUT2D eigenvalue weighted by atomic mass is 16.5. The van der Waals surface area contributed by atoms with Crippen LogP contribution in [0.3, 0.4) is 0 Å². The molecule has 0 saturated carbocycles. The van der Waals surface area contributed by atoms with Gasteiger partial charge in [-0.1, -0.05) is 42.5 Å². The van der Waals surface area contributed by atoms with E-state index in [2.05, 4.69) is 35.3 Å². The summed E-state index contributed by atoms with van der Waals surface area (Å²) in [5.41, 5.74) is 6.01. The number of carbonyl (C=O) groups is 1. The van der Waals surface area contributed by atoms with Gasteiger partial charge in [0.2, 0.25) is 5.91 Å². The molecular formula is C27H31N5O2. The quantitative estimate of drug-likeness (QED) is 0.459. The summed E-state index contributed by atoms with van der Waals surface area (Å²) in [4.78, 5) is 20.3. The SMILES string of the molecule is Cc1nc2c3ccccc3nn2c(C)c1CCC(=O)N[C@@H](CN1CCOCC1)c1ccccc1. The number of rotatable bonds is 7. The van der Waals surface area contributed by atoms with E-state index < -0.39 is 0 Å². The van der Waals surface area contributed by atoms with Crippen LogP contribution in [0, 0.1) is 13.8 Å². The molecule has 1 aliphatic rings. The normalized spacial score (nSPS) is 15.6. The summed E-state index contributed by atoms with van der Waals surface area (Å²) < 4.78 is 7.40. The molecule has 1 amide bonds. The Hall–Kier alpha value is -3.29. The Morgan fingerprint density at radius 3 is 2.59 bits per heavy atom. The van der Waals surface area contributed by atoms with Crippen LogP contribution in [0.4, 0.5) is 0 Å². The van der Waals surface area contributed by atoms with Crippen LogP contribution >= 0.6 is 0 Å². The highest BCUT2D eigenvalue weighted by molar-refractivity contribution is 5.92. The summed E-state index contributed by atoms with van der Waals surface area (Å²) >= 11 is 0. The first-order chi connectivity index (χ1) is 16.6. The fourth-order valence-electron chi connectivity index (χ4n) is 4.81. The van der Waals surface area contributed by atoms with Crippen molar-refractivity contribution in [3.8, 4) is 0 Å². The van der Waals surface area contributed by atoms with E-state index >= 15 is 0 Å². The van der Waals surface area contributed by atoms with Crippen LogP contribution in [0.2, 0.25) is 0 Å². The number of aryl methyl sites for hydroxylation is 2. The number of nitrogens with one attached hydrogen (secondary N) is 1. The molecule has 7 nitrogen and oxygen atoms in total. The fraction of sp³-hybridized carbons (Fsp3) is 0.370. The molecule has 1 aliphatic heterocycles. The average Bonchev–Trinajstić information content (AvgIpc) is 3.23. The van der Waals surface area contributed by atoms with Crippen LogP contribution in [0.25, 0.3) is 16.6 Å². The van der Waals surface area contributed by atoms with Gasteiger partial charge in [-0.2, -0.15) is 5.10 Å². The number of aromatic nitrogens is 3. The van der Waals surface area contributed by atoms with Crippen molar-refractivity contribution in [1.29, 1.82) is 0 Å². The van der Waals surface area contributed by atoms with Crippen LogP contribution in [-0.2, 0) is 16.0 Å². The zero-order chi connectivity index (χ0) is 23.5. The number of benzene rings is 2. The van der Waals surface area contributed by atoms with Gasteiger partial charge in [0.15, 0.2) is 5.65 Å². The van der Waals surface area contributed by atoms with Gasteiger partial charge in [-0.3, -0.25) is 9.69 Å². The van der Waals surface area contributed by atoms with Crippen molar-refractivity contribution in [3.05, 3.63) is 77.1 Å². The molecule has 0 unspecified atom stereocenters. The predicted molar refractivity (Wildman–Crippen MR) is 133 cm³/mol. The molecule has 1 saturated heterocycles. The van der Waals surface area contributed by atoms with Gasteiger partial charge in [-0.05, 0) is 43.5 Å². The Kier molecular flexibility index (Phi) is 6.56. The molecule has 0 bridgehead atoms. The molecule has 0 aliphatic carbocycles. The van der Waals surface area contributed by atoms with Crippen LogP contribution in [0.1, 0.15) is 35.0 Å². The third-order valence-corrected chi connectivity index (χ3v) is 6.70. The maximum absolute atomic E-state index is 13.1. The largest absolute Gasteiger partial charge is 0.379 e. The van der Waals surface area contributed by atoms with E-state index in [1.165, 1.54) is 0 Å². The molecule has 1 atom stereocenters. The van der Waals surface area contributed by atoms with Crippen molar-refractivity contribution in [2.24, 2.45) is 0 Å². The smallest absolute Gasteiger partial charge is 0.220 e. The molecule has 0 spiro atoms. The minimum absolute atomic E-state index is 0.0478. The number of hydrogen-bond donors (Lipinski definition) is 1. The van der Waals surface area contributed by atoms with Gasteiger partial charge in [0.25, 0.3) is 0 Å². The van der Waals surface area contributed by atoms with E-state index in [9.17, 15) is 4.79 Å². The third-order valence-electron chi connectivity index (χ3n) is 6.70. The standard InChI is InChI=1S/C27H31N5O2/c1-19-22(20(2)32-27(28-19)23-10-6-7-11-24(23)30-32)12-13-26(33)29-25(21-8-4-3-5-9-21)18-31-14-16-34-17-15-31/h3-11,25H,12-18H2,1-2H3,(H,29,33)/t25-/m0/s1. The Morgan fingerprint density at radius 1 is 1.06 bits per heavy atom. The van der Waals surface area contributed by atoms with Crippen LogP contribution in [-0.4, -0.2) is 58.3 Å². The van der Waals surface area contributed by atoms with Gasteiger partial charge in [-0.25, -0.2) is 9.50 Å². The molecular weight excluding hydrogens is 426 g/mol. The molecule has 176 valence electrons. The topological polar surface area (TPSA) is 71.8 Å². The van der Waals surface area contributed by atoms with Gasteiger partial charge >= 0.3 is 0 Å². The molecule has 2 aromatic heterocycles. The Bertz CT molecular complexity index is 1290. The van der Waals surface area contributed by atoms with Crippen LogP contribution in [0.15, 0.2) is 54.6 Å².